The van der Waals surface area contributed by atoms with Crippen molar-refractivity contribution in [3.63, 3.8) is 0 Å². The summed E-state index contributed by atoms with van der Waals surface area (Å²) in [7, 11) is 0. The van der Waals surface area contributed by atoms with Crippen LogP contribution in [0.2, 0.25) is 0 Å². The lowest BCUT2D eigenvalue weighted by Crippen LogP contribution is -2.24. The zero-order chi connectivity index (χ0) is 16.1. The average molecular weight is 303 g/mol. The van der Waals surface area contributed by atoms with Crippen molar-refractivity contribution >= 4 is 16.8 Å². The molecule has 4 heteroatoms. The Balaban J connectivity index is 1.97. The first-order valence-corrected chi connectivity index (χ1v) is 7.91. The number of ether oxygens (including phenoxy) is 1. The van der Waals surface area contributed by atoms with Crippen LogP contribution in [0.1, 0.15) is 44.7 Å². The molecular weight excluding hydrogens is 278 g/mol. The van der Waals surface area contributed by atoms with E-state index in [0.717, 1.165) is 24.1 Å². The molecule has 0 saturated heterocycles. The van der Waals surface area contributed by atoms with Crippen LogP contribution in [0.15, 0.2) is 28.7 Å². The minimum absolute atomic E-state index is 0.0263. The second-order valence-electron chi connectivity index (χ2n) is 6.14. The monoisotopic (exact) mass is 303 g/mol. The Hall–Kier alpha value is -1.81. The topological polar surface area (TPSA) is 51.5 Å². The lowest BCUT2D eigenvalue weighted by Gasteiger charge is -2.09. The fraction of sp³-hybridized carbons (Fsp3) is 0.500. The van der Waals surface area contributed by atoms with Gasteiger partial charge in [-0.1, -0.05) is 27.7 Å². The number of Topliss-reactive ketones (excluding diaryl/α,β-unsaturated/α-hetero) is 1. The Morgan fingerprint density at radius 3 is 2.68 bits per heavy atom. The van der Waals surface area contributed by atoms with Crippen molar-refractivity contribution in [1.82, 2.24) is 5.32 Å². The molecule has 2 rings (SSSR count). The third-order valence-corrected chi connectivity index (χ3v) is 3.40. The molecule has 0 saturated carbocycles. The SMILES string of the molecule is CC(C)NCCCOc1ccc2cc(C(=O)C(C)C)oc2c1. The number of nitrogens with one attached hydrogen (secondary N) is 1. The number of fused-ring (bicyclic) bond motifs is 1. The van der Waals surface area contributed by atoms with E-state index in [4.69, 9.17) is 9.15 Å². The number of rotatable bonds is 8. The van der Waals surface area contributed by atoms with E-state index in [1.165, 1.54) is 0 Å². The second kappa shape index (κ2) is 7.45. The summed E-state index contributed by atoms with van der Waals surface area (Å²) < 4.78 is 11.4. The van der Waals surface area contributed by atoms with Crippen molar-refractivity contribution in [1.29, 1.82) is 0 Å². The van der Waals surface area contributed by atoms with E-state index < -0.39 is 0 Å². The van der Waals surface area contributed by atoms with Gasteiger partial charge in [-0.2, -0.15) is 0 Å². The van der Waals surface area contributed by atoms with Crippen LogP contribution in [0.4, 0.5) is 0 Å². The fourth-order valence-electron chi connectivity index (χ4n) is 2.16. The van der Waals surface area contributed by atoms with Crippen LogP contribution in [-0.4, -0.2) is 25.0 Å². The van der Waals surface area contributed by atoms with Gasteiger partial charge >= 0.3 is 0 Å². The molecule has 0 spiro atoms. The van der Waals surface area contributed by atoms with Gasteiger partial charge in [0.25, 0.3) is 0 Å². The smallest absolute Gasteiger partial charge is 0.200 e. The molecule has 1 aromatic heterocycles. The molecule has 2 aromatic rings. The standard InChI is InChI=1S/C18H25NO3/c1-12(2)18(20)17-10-14-6-7-15(11-16(14)22-17)21-9-5-8-19-13(3)4/h6-7,10-13,19H,5,8-9H2,1-4H3. The van der Waals surface area contributed by atoms with Crippen molar-refractivity contribution in [2.24, 2.45) is 5.92 Å². The summed E-state index contributed by atoms with van der Waals surface area (Å²) in [5, 5.41) is 4.28. The molecule has 1 N–H and O–H groups in total. The zero-order valence-electron chi connectivity index (χ0n) is 13.8. The molecule has 0 radical (unpaired) electrons. The first-order valence-electron chi connectivity index (χ1n) is 7.91. The highest BCUT2D eigenvalue weighted by Gasteiger charge is 2.15. The van der Waals surface area contributed by atoms with Crippen LogP contribution in [0.3, 0.4) is 0 Å². The van der Waals surface area contributed by atoms with E-state index in [1.807, 2.05) is 32.0 Å². The third kappa shape index (κ3) is 4.34. The number of hydrogen-bond donors (Lipinski definition) is 1. The highest BCUT2D eigenvalue weighted by atomic mass is 16.5. The molecule has 1 heterocycles. The molecule has 1 aromatic carbocycles. The lowest BCUT2D eigenvalue weighted by atomic mass is 10.1. The van der Waals surface area contributed by atoms with E-state index in [9.17, 15) is 4.79 Å². The minimum atomic E-state index is -0.0651. The molecule has 120 valence electrons. The highest BCUT2D eigenvalue weighted by molar-refractivity contribution is 5.98. The molecule has 4 nitrogen and oxygen atoms in total. The zero-order valence-corrected chi connectivity index (χ0v) is 13.8. The van der Waals surface area contributed by atoms with Gasteiger partial charge in [-0.3, -0.25) is 4.79 Å². The Bertz CT molecular complexity index is 628. The molecule has 0 unspecified atom stereocenters. The fourth-order valence-corrected chi connectivity index (χ4v) is 2.16. The Morgan fingerprint density at radius 1 is 1.23 bits per heavy atom. The van der Waals surface area contributed by atoms with Crippen molar-refractivity contribution in [3.05, 3.63) is 30.0 Å². The van der Waals surface area contributed by atoms with Gasteiger partial charge in [-0.15, -0.1) is 0 Å². The van der Waals surface area contributed by atoms with Crippen LogP contribution in [0.25, 0.3) is 11.0 Å². The van der Waals surface area contributed by atoms with Crippen molar-refractivity contribution in [2.45, 2.75) is 40.2 Å². The summed E-state index contributed by atoms with van der Waals surface area (Å²) in [5.74, 6) is 1.15. The lowest BCUT2D eigenvalue weighted by molar-refractivity contribution is 0.0913. The highest BCUT2D eigenvalue weighted by Crippen LogP contribution is 2.25. The number of carbonyl (C=O) groups is 1. The quantitative estimate of drug-likeness (QED) is 0.590. The first-order chi connectivity index (χ1) is 10.5. The van der Waals surface area contributed by atoms with Gasteiger partial charge in [0.05, 0.1) is 6.61 Å². The van der Waals surface area contributed by atoms with E-state index >= 15 is 0 Å². The predicted molar refractivity (Wildman–Crippen MR) is 88.6 cm³/mol. The number of carbonyl (C=O) groups excluding carboxylic acids is 1. The van der Waals surface area contributed by atoms with Gasteiger partial charge in [-0.05, 0) is 31.2 Å². The Morgan fingerprint density at radius 2 is 2.00 bits per heavy atom. The van der Waals surface area contributed by atoms with Crippen LogP contribution in [0.5, 0.6) is 5.75 Å². The summed E-state index contributed by atoms with van der Waals surface area (Å²) in [6.07, 6.45) is 0.950. The largest absolute Gasteiger partial charge is 0.493 e. The van der Waals surface area contributed by atoms with E-state index in [-0.39, 0.29) is 11.7 Å². The van der Waals surface area contributed by atoms with E-state index in [1.54, 1.807) is 6.07 Å². The first kappa shape index (κ1) is 16.6. The molecule has 0 aliphatic heterocycles. The molecule has 0 fully saturated rings. The molecule has 0 bridgehead atoms. The number of ketones is 1. The van der Waals surface area contributed by atoms with Crippen LogP contribution < -0.4 is 10.1 Å². The van der Waals surface area contributed by atoms with Crippen LogP contribution >= 0.6 is 0 Å². The maximum Gasteiger partial charge on any atom is 0.200 e. The average Bonchev–Trinajstić information content (AvgIpc) is 2.88. The van der Waals surface area contributed by atoms with Crippen molar-refractivity contribution in [3.8, 4) is 5.75 Å². The van der Waals surface area contributed by atoms with E-state index in [0.29, 0.717) is 24.0 Å². The summed E-state index contributed by atoms with van der Waals surface area (Å²) in [6.45, 7) is 9.59. The van der Waals surface area contributed by atoms with Gasteiger partial charge in [0.15, 0.2) is 5.76 Å². The van der Waals surface area contributed by atoms with Crippen LogP contribution in [-0.2, 0) is 0 Å². The van der Waals surface area contributed by atoms with Gasteiger partial charge < -0.3 is 14.5 Å². The van der Waals surface area contributed by atoms with Crippen molar-refractivity contribution in [2.75, 3.05) is 13.2 Å². The Labute approximate surface area is 131 Å². The van der Waals surface area contributed by atoms with Crippen LogP contribution in [0, 0.1) is 5.92 Å². The minimum Gasteiger partial charge on any atom is -0.493 e. The van der Waals surface area contributed by atoms with Gasteiger partial charge in [-0.25, -0.2) is 0 Å². The summed E-state index contributed by atoms with van der Waals surface area (Å²) in [6, 6.07) is 7.99. The summed E-state index contributed by atoms with van der Waals surface area (Å²) in [4.78, 5) is 12.0. The molecule has 0 aliphatic rings. The predicted octanol–water partition coefficient (Wildman–Crippen LogP) is 4.04. The number of hydrogen-bond acceptors (Lipinski definition) is 4. The second-order valence-corrected chi connectivity index (χ2v) is 6.14. The van der Waals surface area contributed by atoms with Crippen molar-refractivity contribution < 1.29 is 13.9 Å². The Kier molecular flexibility index (Phi) is 5.61. The normalized spacial score (nSPS) is 11.5. The maximum atomic E-state index is 12.0. The molecular formula is C18H25NO3. The molecule has 0 atom stereocenters. The van der Waals surface area contributed by atoms with E-state index in [2.05, 4.69) is 19.2 Å². The summed E-state index contributed by atoms with van der Waals surface area (Å²) in [5.41, 5.74) is 0.696. The van der Waals surface area contributed by atoms with Gasteiger partial charge in [0.2, 0.25) is 5.78 Å². The summed E-state index contributed by atoms with van der Waals surface area (Å²) >= 11 is 0. The molecule has 22 heavy (non-hydrogen) atoms. The molecule has 0 amide bonds. The van der Waals surface area contributed by atoms with Gasteiger partial charge in [0, 0.05) is 23.4 Å². The number of furan rings is 1. The number of benzene rings is 1. The third-order valence-electron chi connectivity index (χ3n) is 3.40. The molecule has 0 aliphatic carbocycles. The maximum absolute atomic E-state index is 12.0. The van der Waals surface area contributed by atoms with Gasteiger partial charge in [0.1, 0.15) is 11.3 Å².